The number of hydrogen-bond donors (Lipinski definition) is 1. The van der Waals surface area contributed by atoms with Gasteiger partial charge in [0.2, 0.25) is 10.0 Å². The van der Waals surface area contributed by atoms with Crippen molar-refractivity contribution in [3.05, 3.63) is 29.8 Å². The molecule has 2 fully saturated rings. The molecule has 1 aliphatic carbocycles. The zero-order chi connectivity index (χ0) is 17.4. The van der Waals surface area contributed by atoms with Crippen molar-refractivity contribution in [3.63, 3.8) is 0 Å². The van der Waals surface area contributed by atoms with Crippen molar-refractivity contribution < 1.29 is 31.1 Å². The van der Waals surface area contributed by atoms with Crippen LogP contribution in [0, 0.1) is 0 Å². The summed E-state index contributed by atoms with van der Waals surface area (Å²) < 4.78 is 77.6. The molecule has 1 aromatic carbocycles. The third-order valence-corrected chi connectivity index (χ3v) is 5.86. The second-order valence-corrected chi connectivity index (χ2v) is 7.63. The van der Waals surface area contributed by atoms with Gasteiger partial charge in [0, 0.05) is 6.04 Å². The van der Waals surface area contributed by atoms with E-state index in [1.165, 1.54) is 12.1 Å². The molecule has 1 saturated heterocycles. The predicted molar refractivity (Wildman–Crippen MR) is 78.9 cm³/mol. The molecule has 1 aliphatic heterocycles. The molecule has 1 N–H and O–H groups in total. The highest BCUT2D eigenvalue weighted by atomic mass is 32.2. The Morgan fingerprint density at radius 1 is 1.04 bits per heavy atom. The normalized spacial score (nSPS) is 28.4. The van der Waals surface area contributed by atoms with Crippen LogP contribution in [-0.2, 0) is 25.7 Å². The highest BCUT2D eigenvalue weighted by molar-refractivity contribution is 7.89. The minimum absolute atomic E-state index is 0.0676. The average molecular weight is 365 g/mol. The molecular weight excluding hydrogens is 347 g/mol. The molecule has 9 heteroatoms. The van der Waals surface area contributed by atoms with Crippen molar-refractivity contribution in [1.29, 1.82) is 0 Å². The molecule has 5 nitrogen and oxygen atoms in total. The van der Waals surface area contributed by atoms with Crippen molar-refractivity contribution in [2.45, 2.75) is 48.6 Å². The SMILES string of the molecule is O=S(=O)(N[C@@H]1CC[C@@H]2OCCO[C@@H]2C1)c1ccccc1C(F)(F)F. The smallest absolute Gasteiger partial charge is 0.373 e. The van der Waals surface area contributed by atoms with E-state index in [1.807, 2.05) is 0 Å². The van der Waals surface area contributed by atoms with Gasteiger partial charge in [-0.05, 0) is 31.4 Å². The first-order chi connectivity index (χ1) is 11.3. The Morgan fingerprint density at radius 3 is 2.42 bits per heavy atom. The minimum atomic E-state index is -4.73. The van der Waals surface area contributed by atoms with Gasteiger partial charge in [0.1, 0.15) is 0 Å². The van der Waals surface area contributed by atoms with Crippen molar-refractivity contribution >= 4 is 10.0 Å². The van der Waals surface area contributed by atoms with Gasteiger partial charge >= 0.3 is 6.18 Å². The minimum Gasteiger partial charge on any atom is -0.373 e. The van der Waals surface area contributed by atoms with Crippen LogP contribution in [0.4, 0.5) is 13.2 Å². The van der Waals surface area contributed by atoms with E-state index in [9.17, 15) is 21.6 Å². The Bertz CT molecular complexity index is 692. The topological polar surface area (TPSA) is 64.6 Å². The van der Waals surface area contributed by atoms with Crippen LogP contribution in [0.5, 0.6) is 0 Å². The summed E-state index contributed by atoms with van der Waals surface area (Å²) in [5, 5.41) is 0. The fourth-order valence-electron chi connectivity index (χ4n) is 3.19. The maximum Gasteiger partial charge on any atom is 0.417 e. The lowest BCUT2D eigenvalue weighted by Gasteiger charge is -2.38. The van der Waals surface area contributed by atoms with E-state index in [0.717, 1.165) is 12.1 Å². The maximum absolute atomic E-state index is 13.0. The summed E-state index contributed by atoms with van der Waals surface area (Å²) in [5.74, 6) is 0. The fourth-order valence-corrected chi connectivity index (χ4v) is 4.70. The molecule has 24 heavy (non-hydrogen) atoms. The zero-order valence-corrected chi connectivity index (χ0v) is 13.6. The molecule has 0 radical (unpaired) electrons. The lowest BCUT2D eigenvalue weighted by Crippen LogP contribution is -2.49. The molecule has 3 atom stereocenters. The Kier molecular flexibility index (Phi) is 4.87. The second-order valence-electron chi connectivity index (χ2n) is 5.94. The number of sulfonamides is 1. The lowest BCUT2D eigenvalue weighted by atomic mass is 9.90. The first-order valence-electron chi connectivity index (χ1n) is 7.69. The Labute approximate surface area is 138 Å². The summed E-state index contributed by atoms with van der Waals surface area (Å²) in [6.45, 7) is 0.952. The van der Waals surface area contributed by atoms with Gasteiger partial charge in [-0.25, -0.2) is 13.1 Å². The second kappa shape index (κ2) is 6.62. The standard InChI is InChI=1S/C15H18F3NO4S/c16-15(17,18)11-3-1-2-4-14(11)24(20,21)19-10-5-6-12-13(9-10)23-8-7-22-12/h1-4,10,12-13,19H,5-9H2/t10-,12+,13-/m1/s1. The molecule has 1 heterocycles. The van der Waals surface area contributed by atoms with Crippen molar-refractivity contribution in [1.82, 2.24) is 4.72 Å². The summed E-state index contributed by atoms with van der Waals surface area (Å²) in [6.07, 6.45) is -3.53. The summed E-state index contributed by atoms with van der Waals surface area (Å²) in [6, 6.07) is 3.71. The summed E-state index contributed by atoms with van der Waals surface area (Å²) in [7, 11) is -4.28. The van der Waals surface area contributed by atoms with E-state index in [1.54, 1.807) is 0 Å². The van der Waals surface area contributed by atoms with Gasteiger partial charge in [-0.15, -0.1) is 0 Å². The van der Waals surface area contributed by atoms with Crippen LogP contribution in [0.2, 0.25) is 0 Å². The van der Waals surface area contributed by atoms with Crippen molar-refractivity contribution in [2.75, 3.05) is 13.2 Å². The molecule has 0 aromatic heterocycles. The predicted octanol–water partition coefficient (Wildman–Crippen LogP) is 2.32. The number of benzene rings is 1. The van der Waals surface area contributed by atoms with Gasteiger partial charge in [0.05, 0.1) is 35.9 Å². The highest BCUT2D eigenvalue weighted by Crippen LogP contribution is 2.34. The number of rotatable bonds is 3. The molecule has 0 bridgehead atoms. The van der Waals surface area contributed by atoms with Crippen LogP contribution in [0.15, 0.2) is 29.2 Å². The number of ether oxygens (including phenoxy) is 2. The van der Waals surface area contributed by atoms with Crippen molar-refractivity contribution in [3.8, 4) is 0 Å². The van der Waals surface area contributed by atoms with Crippen LogP contribution in [0.25, 0.3) is 0 Å². The third kappa shape index (κ3) is 3.74. The zero-order valence-electron chi connectivity index (χ0n) is 12.8. The largest absolute Gasteiger partial charge is 0.417 e. The number of hydrogen-bond acceptors (Lipinski definition) is 4. The van der Waals surface area contributed by atoms with E-state index in [-0.39, 0.29) is 12.2 Å². The molecular formula is C15H18F3NO4S. The summed E-state index contributed by atoms with van der Waals surface area (Å²) in [5.41, 5.74) is -1.16. The molecule has 0 unspecified atom stereocenters. The highest BCUT2D eigenvalue weighted by Gasteiger charge is 2.39. The van der Waals surface area contributed by atoms with E-state index >= 15 is 0 Å². The summed E-state index contributed by atoms with van der Waals surface area (Å²) >= 11 is 0. The Morgan fingerprint density at radius 2 is 1.71 bits per heavy atom. The Balaban J connectivity index is 1.78. The molecule has 2 aliphatic rings. The monoisotopic (exact) mass is 365 g/mol. The van der Waals surface area contributed by atoms with Gasteiger partial charge in [0.15, 0.2) is 0 Å². The summed E-state index contributed by atoms with van der Waals surface area (Å²) in [4.78, 5) is -0.750. The van der Waals surface area contributed by atoms with Gasteiger partial charge in [-0.3, -0.25) is 0 Å². The quantitative estimate of drug-likeness (QED) is 0.893. The first kappa shape index (κ1) is 17.7. The van der Waals surface area contributed by atoms with Crippen LogP contribution >= 0.6 is 0 Å². The van der Waals surface area contributed by atoms with Gasteiger partial charge in [-0.1, -0.05) is 12.1 Å². The third-order valence-electron chi connectivity index (χ3n) is 4.28. The van der Waals surface area contributed by atoms with E-state index < -0.39 is 32.7 Å². The van der Waals surface area contributed by atoms with Crippen LogP contribution in [0.1, 0.15) is 24.8 Å². The number of halogens is 3. The maximum atomic E-state index is 13.0. The van der Waals surface area contributed by atoms with Gasteiger partial charge < -0.3 is 9.47 Å². The molecule has 3 rings (SSSR count). The average Bonchev–Trinajstić information content (AvgIpc) is 2.53. The first-order valence-corrected chi connectivity index (χ1v) is 9.17. The number of fused-ring (bicyclic) bond motifs is 1. The molecule has 0 amide bonds. The Hall–Kier alpha value is -1.16. The molecule has 1 aromatic rings. The van der Waals surface area contributed by atoms with E-state index in [4.69, 9.17) is 9.47 Å². The van der Waals surface area contributed by atoms with Gasteiger partial charge in [-0.2, -0.15) is 13.2 Å². The molecule has 0 spiro atoms. The number of alkyl halides is 3. The van der Waals surface area contributed by atoms with Crippen LogP contribution in [0.3, 0.4) is 0 Å². The van der Waals surface area contributed by atoms with Crippen LogP contribution in [-0.4, -0.2) is 39.9 Å². The van der Waals surface area contributed by atoms with Crippen LogP contribution < -0.4 is 4.72 Å². The molecule has 134 valence electrons. The van der Waals surface area contributed by atoms with Gasteiger partial charge in [0.25, 0.3) is 0 Å². The van der Waals surface area contributed by atoms with E-state index in [0.29, 0.717) is 32.5 Å². The van der Waals surface area contributed by atoms with Crippen molar-refractivity contribution in [2.24, 2.45) is 0 Å². The number of nitrogens with one attached hydrogen (secondary N) is 1. The lowest BCUT2D eigenvalue weighted by molar-refractivity contribution is -0.156. The fraction of sp³-hybridized carbons (Fsp3) is 0.600. The molecule has 1 saturated carbocycles. The van der Waals surface area contributed by atoms with E-state index in [2.05, 4.69) is 4.72 Å².